The maximum Gasteiger partial charge on any atom is 0.408 e. The zero-order chi connectivity index (χ0) is 42.3. The summed E-state index contributed by atoms with van der Waals surface area (Å²) >= 11 is 0. The molecule has 0 aromatic heterocycles. The molecule has 2 rings (SSSR count). The number of nitrogens with one attached hydrogen (secondary N) is 4. The first-order chi connectivity index (χ1) is 27.0. The molecule has 0 saturated carbocycles. The van der Waals surface area contributed by atoms with Crippen molar-refractivity contribution in [1.29, 1.82) is 0 Å². The molecule has 0 spiro atoms. The van der Waals surface area contributed by atoms with Gasteiger partial charge in [-0.05, 0) is 91.2 Å². The topological polar surface area (TPSA) is 155 Å². The van der Waals surface area contributed by atoms with E-state index in [0.717, 1.165) is 36.8 Å². The molecule has 0 aliphatic rings. The van der Waals surface area contributed by atoms with Crippen LogP contribution < -0.4 is 21.3 Å². The van der Waals surface area contributed by atoms with Crippen molar-refractivity contribution < 1.29 is 33.4 Å². The van der Waals surface area contributed by atoms with Crippen molar-refractivity contribution in [3.8, 4) is 0 Å². The van der Waals surface area contributed by atoms with E-state index in [1.54, 1.807) is 41.5 Å². The summed E-state index contributed by atoms with van der Waals surface area (Å²) in [7, 11) is 0. The summed E-state index contributed by atoms with van der Waals surface area (Å²) in [6.45, 7) is 16.7. The number of carbonyl (C=O) groups excluding carboxylic acids is 5. The lowest BCUT2D eigenvalue weighted by Crippen LogP contribution is -2.48. The molecule has 12 nitrogen and oxygen atoms in total. The molecule has 0 aliphatic heterocycles. The van der Waals surface area contributed by atoms with Gasteiger partial charge in [0.25, 0.3) is 0 Å². The molecule has 0 heterocycles. The van der Waals surface area contributed by atoms with Gasteiger partial charge in [0.2, 0.25) is 17.7 Å². The highest BCUT2D eigenvalue weighted by Crippen LogP contribution is 2.28. The van der Waals surface area contributed by atoms with Crippen molar-refractivity contribution in [3.05, 3.63) is 71.8 Å². The molecule has 57 heavy (non-hydrogen) atoms. The molecule has 4 N–H and O–H groups in total. The van der Waals surface area contributed by atoms with E-state index in [0.29, 0.717) is 58.3 Å². The molecular weight excluding hydrogens is 723 g/mol. The predicted molar refractivity (Wildman–Crippen MR) is 226 cm³/mol. The number of hydrogen-bond acceptors (Lipinski definition) is 7. The molecule has 2 atom stereocenters. The smallest absolute Gasteiger partial charge is 0.408 e. The predicted octanol–water partition coefficient (Wildman–Crippen LogP) is 7.85. The van der Waals surface area contributed by atoms with Crippen LogP contribution >= 0.6 is 0 Å². The summed E-state index contributed by atoms with van der Waals surface area (Å²) in [6.07, 6.45) is 5.69. The van der Waals surface area contributed by atoms with E-state index in [1.165, 1.54) is 0 Å². The van der Waals surface area contributed by atoms with Gasteiger partial charge in [0.05, 0.1) is 0 Å². The van der Waals surface area contributed by atoms with Crippen molar-refractivity contribution in [2.45, 2.75) is 143 Å². The summed E-state index contributed by atoms with van der Waals surface area (Å²) in [6, 6.07) is 19.2. The monoisotopic (exact) mass is 794 g/mol. The van der Waals surface area contributed by atoms with Gasteiger partial charge in [0.15, 0.2) is 0 Å². The fourth-order valence-corrected chi connectivity index (χ4v) is 6.25. The van der Waals surface area contributed by atoms with Crippen molar-refractivity contribution in [1.82, 2.24) is 26.2 Å². The average Bonchev–Trinajstić information content (AvgIpc) is 3.14. The van der Waals surface area contributed by atoms with E-state index in [9.17, 15) is 24.0 Å². The van der Waals surface area contributed by atoms with Gasteiger partial charge in [0.1, 0.15) is 17.2 Å². The van der Waals surface area contributed by atoms with E-state index < -0.39 is 29.4 Å². The van der Waals surface area contributed by atoms with E-state index in [2.05, 4.69) is 28.2 Å². The summed E-state index contributed by atoms with van der Waals surface area (Å²) < 4.78 is 10.7. The van der Waals surface area contributed by atoms with Gasteiger partial charge >= 0.3 is 12.2 Å². The third-order valence-electron chi connectivity index (χ3n) is 9.23. The Labute approximate surface area is 342 Å². The molecule has 0 unspecified atom stereocenters. The number of unbranched alkanes of at least 4 members (excludes halogenated alkanes) is 3. The van der Waals surface area contributed by atoms with Crippen LogP contribution in [-0.2, 0) is 23.9 Å². The standard InChI is InChI=1S/C45H71N5O7/c1-9-10-13-22-34(2)40(52)46-29-20-31-50(39(51)33-37(35-23-14-11-15-24-35)36-25-16-12-17-26-36)32-21-30-47-41(53)38(49-43(55)57-45(6,7)8)27-18-19-28-48-42(54)56-44(3,4)5/h11-12,14-17,23-26,34,37-38H,9-10,13,18-22,27-33H2,1-8H3,(H,46,52)(H,47,53)(H,48,54)(H,49,55)/t34-,38-/m0/s1. The Morgan fingerprint density at radius 3 is 1.63 bits per heavy atom. The van der Waals surface area contributed by atoms with Crippen LogP contribution in [0.4, 0.5) is 9.59 Å². The van der Waals surface area contributed by atoms with E-state index in [4.69, 9.17) is 9.47 Å². The van der Waals surface area contributed by atoms with Crippen molar-refractivity contribution >= 4 is 29.9 Å². The second kappa shape index (κ2) is 25.6. The van der Waals surface area contributed by atoms with Crippen LogP contribution in [0.25, 0.3) is 0 Å². The molecule has 2 aromatic carbocycles. The summed E-state index contributed by atoms with van der Waals surface area (Å²) in [4.78, 5) is 66.8. The highest BCUT2D eigenvalue weighted by Gasteiger charge is 2.26. The number of hydrogen-bond donors (Lipinski definition) is 4. The SMILES string of the molecule is CCCCC[C@H](C)C(=O)NCCCN(CCCNC(=O)[C@H](CCCCNC(=O)OC(C)(C)C)NC(=O)OC(C)(C)C)C(=O)CC(c1ccccc1)c1ccccc1. The Morgan fingerprint density at radius 2 is 1.11 bits per heavy atom. The third-order valence-corrected chi connectivity index (χ3v) is 9.23. The molecule has 12 heteroatoms. The quantitative estimate of drug-likeness (QED) is 0.0790. The molecule has 0 fully saturated rings. The van der Waals surface area contributed by atoms with Crippen LogP contribution in [0.15, 0.2) is 60.7 Å². The van der Waals surface area contributed by atoms with Crippen molar-refractivity contribution in [2.24, 2.45) is 5.92 Å². The normalized spacial score (nSPS) is 12.6. The average molecular weight is 794 g/mol. The van der Waals surface area contributed by atoms with Gasteiger partial charge < -0.3 is 35.6 Å². The maximum absolute atomic E-state index is 14.1. The lowest BCUT2D eigenvalue weighted by Gasteiger charge is -2.27. The van der Waals surface area contributed by atoms with Gasteiger partial charge in [-0.15, -0.1) is 0 Å². The van der Waals surface area contributed by atoms with Gasteiger partial charge in [-0.2, -0.15) is 0 Å². The Morgan fingerprint density at radius 1 is 0.614 bits per heavy atom. The van der Waals surface area contributed by atoms with Gasteiger partial charge in [-0.1, -0.05) is 93.8 Å². The van der Waals surface area contributed by atoms with Crippen molar-refractivity contribution in [3.63, 3.8) is 0 Å². The lowest BCUT2D eigenvalue weighted by atomic mass is 9.88. The number of alkyl carbamates (subject to hydrolysis) is 2. The zero-order valence-corrected chi connectivity index (χ0v) is 35.9. The molecule has 0 saturated heterocycles. The number of ether oxygens (including phenoxy) is 2. The van der Waals surface area contributed by atoms with Crippen LogP contribution in [0.2, 0.25) is 0 Å². The van der Waals surface area contributed by atoms with Crippen LogP contribution in [-0.4, -0.2) is 84.8 Å². The Hall–Kier alpha value is -4.61. The first-order valence-corrected chi connectivity index (χ1v) is 20.9. The minimum absolute atomic E-state index is 0.0113. The second-order valence-corrected chi connectivity index (χ2v) is 16.8. The molecule has 0 bridgehead atoms. The lowest BCUT2D eigenvalue weighted by molar-refractivity contribution is -0.131. The van der Waals surface area contributed by atoms with Crippen molar-refractivity contribution in [2.75, 3.05) is 32.7 Å². The fraction of sp³-hybridized carbons (Fsp3) is 0.622. The number of benzene rings is 2. The summed E-state index contributed by atoms with van der Waals surface area (Å²) in [5.74, 6) is -0.526. The molecule has 0 radical (unpaired) electrons. The number of rotatable bonds is 24. The molecular formula is C45H71N5O7. The highest BCUT2D eigenvalue weighted by atomic mass is 16.6. The fourth-order valence-electron chi connectivity index (χ4n) is 6.25. The van der Waals surface area contributed by atoms with Crippen LogP contribution in [0.5, 0.6) is 0 Å². The molecule has 5 amide bonds. The minimum Gasteiger partial charge on any atom is -0.444 e. The maximum atomic E-state index is 14.1. The van der Waals surface area contributed by atoms with Crippen LogP contribution in [0, 0.1) is 5.92 Å². The molecule has 0 aliphatic carbocycles. The minimum atomic E-state index is -0.857. The first-order valence-electron chi connectivity index (χ1n) is 20.9. The number of amides is 5. The van der Waals surface area contributed by atoms with Crippen LogP contribution in [0.1, 0.15) is 137 Å². The van der Waals surface area contributed by atoms with E-state index >= 15 is 0 Å². The van der Waals surface area contributed by atoms with Gasteiger partial charge in [-0.3, -0.25) is 14.4 Å². The van der Waals surface area contributed by atoms with E-state index in [1.807, 2.05) is 72.5 Å². The number of carbonyl (C=O) groups is 5. The Kier molecular flexibility index (Phi) is 21.8. The zero-order valence-electron chi connectivity index (χ0n) is 35.9. The van der Waals surface area contributed by atoms with Crippen LogP contribution in [0.3, 0.4) is 0 Å². The molecule has 2 aromatic rings. The third kappa shape index (κ3) is 21.5. The van der Waals surface area contributed by atoms with Gasteiger partial charge in [-0.25, -0.2) is 9.59 Å². The van der Waals surface area contributed by atoms with E-state index in [-0.39, 0.29) is 42.5 Å². The summed E-state index contributed by atoms with van der Waals surface area (Å²) in [5.41, 5.74) is 0.759. The molecule has 318 valence electrons. The number of nitrogens with zero attached hydrogens (tertiary/aromatic N) is 1. The summed E-state index contributed by atoms with van der Waals surface area (Å²) in [5, 5.41) is 11.4. The second-order valence-electron chi connectivity index (χ2n) is 16.8. The first kappa shape index (κ1) is 48.5. The highest BCUT2D eigenvalue weighted by molar-refractivity contribution is 5.85. The largest absolute Gasteiger partial charge is 0.444 e. The Balaban J connectivity index is 2.08. The van der Waals surface area contributed by atoms with Gasteiger partial charge in [0, 0.05) is 51.0 Å². The Bertz CT molecular complexity index is 1450.